The fourth-order valence-corrected chi connectivity index (χ4v) is 5.30. The van der Waals surface area contributed by atoms with Gasteiger partial charge in [0.05, 0.1) is 11.4 Å². The summed E-state index contributed by atoms with van der Waals surface area (Å²) >= 11 is 1.85. The average Bonchev–Trinajstić information content (AvgIpc) is 3.22. The summed E-state index contributed by atoms with van der Waals surface area (Å²) in [6.07, 6.45) is 0. The van der Waals surface area contributed by atoms with E-state index in [9.17, 15) is 0 Å². The zero-order valence-electron chi connectivity index (χ0n) is 17.6. The molecule has 0 bridgehead atoms. The lowest BCUT2D eigenvalue weighted by Crippen LogP contribution is -1.94. The molecule has 6 aromatic rings. The molecule has 4 aromatic carbocycles. The van der Waals surface area contributed by atoms with Crippen molar-refractivity contribution >= 4 is 31.5 Å². The van der Waals surface area contributed by atoms with Gasteiger partial charge >= 0.3 is 0 Å². The first-order valence-corrected chi connectivity index (χ1v) is 11.5. The lowest BCUT2D eigenvalue weighted by molar-refractivity contribution is 1.06. The van der Waals surface area contributed by atoms with E-state index in [1.165, 1.54) is 31.3 Å². The molecular formula is C29H20N2S. The Morgan fingerprint density at radius 1 is 0.500 bits per heavy atom. The minimum atomic E-state index is 0.778. The highest BCUT2D eigenvalue weighted by Crippen LogP contribution is 2.36. The van der Waals surface area contributed by atoms with E-state index in [1.54, 1.807) is 0 Å². The van der Waals surface area contributed by atoms with Gasteiger partial charge in [0.2, 0.25) is 0 Å². The van der Waals surface area contributed by atoms with E-state index in [-0.39, 0.29) is 0 Å². The molecule has 6 rings (SSSR count). The van der Waals surface area contributed by atoms with Gasteiger partial charge < -0.3 is 0 Å². The van der Waals surface area contributed by atoms with Crippen molar-refractivity contribution in [3.63, 3.8) is 0 Å². The molecule has 2 heterocycles. The van der Waals surface area contributed by atoms with Crippen molar-refractivity contribution in [1.29, 1.82) is 0 Å². The topological polar surface area (TPSA) is 25.8 Å². The lowest BCUT2D eigenvalue weighted by Gasteiger charge is -2.08. The van der Waals surface area contributed by atoms with Gasteiger partial charge in [-0.05, 0) is 42.3 Å². The Kier molecular flexibility index (Phi) is 4.55. The van der Waals surface area contributed by atoms with Gasteiger partial charge in [-0.25, -0.2) is 9.97 Å². The molecular weight excluding hydrogens is 408 g/mol. The van der Waals surface area contributed by atoms with E-state index in [1.807, 2.05) is 36.5 Å². The van der Waals surface area contributed by atoms with Crippen molar-refractivity contribution in [2.75, 3.05) is 0 Å². The van der Waals surface area contributed by atoms with Gasteiger partial charge in [0.25, 0.3) is 0 Å². The number of fused-ring (bicyclic) bond motifs is 3. The van der Waals surface area contributed by atoms with E-state index in [2.05, 4.69) is 89.9 Å². The number of benzene rings is 4. The van der Waals surface area contributed by atoms with Crippen LogP contribution in [0, 0.1) is 6.92 Å². The molecule has 0 unspecified atom stereocenters. The molecule has 0 amide bonds. The summed E-state index contributed by atoms with van der Waals surface area (Å²) in [6, 6.07) is 36.4. The maximum absolute atomic E-state index is 4.69. The van der Waals surface area contributed by atoms with Crippen LogP contribution in [0.5, 0.6) is 0 Å². The van der Waals surface area contributed by atoms with E-state index < -0.39 is 0 Å². The van der Waals surface area contributed by atoms with Crippen LogP contribution < -0.4 is 0 Å². The second kappa shape index (κ2) is 7.70. The minimum Gasteiger partial charge on any atom is -0.233 e. The van der Waals surface area contributed by atoms with Crippen LogP contribution in [0.4, 0.5) is 0 Å². The predicted molar refractivity (Wildman–Crippen MR) is 136 cm³/mol. The smallest absolute Gasteiger partial charge is 0.126 e. The van der Waals surface area contributed by atoms with Crippen molar-refractivity contribution in [2.45, 2.75) is 6.92 Å². The first-order valence-electron chi connectivity index (χ1n) is 10.7. The number of hydrogen-bond acceptors (Lipinski definition) is 3. The molecule has 0 aliphatic rings. The van der Waals surface area contributed by atoms with Crippen LogP contribution in [-0.4, -0.2) is 9.97 Å². The Hall–Kier alpha value is -3.82. The third-order valence-corrected chi connectivity index (χ3v) is 6.95. The molecule has 0 aliphatic heterocycles. The molecule has 32 heavy (non-hydrogen) atoms. The van der Waals surface area contributed by atoms with Gasteiger partial charge in [-0.2, -0.15) is 0 Å². The number of aryl methyl sites for hydroxylation is 1. The molecule has 0 saturated heterocycles. The van der Waals surface area contributed by atoms with E-state index >= 15 is 0 Å². The first kappa shape index (κ1) is 18.9. The van der Waals surface area contributed by atoms with Crippen molar-refractivity contribution in [3.05, 3.63) is 109 Å². The van der Waals surface area contributed by atoms with Crippen LogP contribution in [0.2, 0.25) is 0 Å². The summed E-state index contributed by atoms with van der Waals surface area (Å²) in [5, 5.41) is 2.65. The minimum absolute atomic E-state index is 0.778. The van der Waals surface area contributed by atoms with Gasteiger partial charge in [0.15, 0.2) is 0 Å². The zero-order chi connectivity index (χ0) is 21.5. The van der Waals surface area contributed by atoms with Crippen LogP contribution in [-0.2, 0) is 0 Å². The van der Waals surface area contributed by atoms with Gasteiger partial charge in [-0.1, -0.05) is 78.9 Å². The molecule has 0 atom stereocenters. The van der Waals surface area contributed by atoms with Crippen LogP contribution in [0.25, 0.3) is 53.8 Å². The van der Waals surface area contributed by atoms with Gasteiger partial charge in [-0.15, -0.1) is 11.3 Å². The Balaban J connectivity index is 1.38. The Labute approximate surface area is 190 Å². The van der Waals surface area contributed by atoms with Crippen LogP contribution in [0.3, 0.4) is 0 Å². The molecule has 3 heteroatoms. The van der Waals surface area contributed by atoms with Crippen LogP contribution >= 0.6 is 11.3 Å². The van der Waals surface area contributed by atoms with Crippen molar-refractivity contribution in [3.8, 4) is 33.6 Å². The molecule has 0 fully saturated rings. The third kappa shape index (κ3) is 3.37. The average molecular weight is 429 g/mol. The number of hydrogen-bond donors (Lipinski definition) is 0. The maximum atomic E-state index is 4.69. The summed E-state index contributed by atoms with van der Waals surface area (Å²) in [5.74, 6) is 0.778. The largest absolute Gasteiger partial charge is 0.233 e. The highest BCUT2D eigenvalue weighted by atomic mass is 32.1. The molecule has 0 aliphatic carbocycles. The number of nitrogens with zero attached hydrogens (tertiary/aromatic N) is 2. The normalized spacial score (nSPS) is 11.3. The number of thiophene rings is 1. The molecule has 0 radical (unpaired) electrons. The van der Waals surface area contributed by atoms with Crippen molar-refractivity contribution in [1.82, 2.24) is 9.97 Å². The highest BCUT2D eigenvalue weighted by molar-refractivity contribution is 7.25. The summed E-state index contributed by atoms with van der Waals surface area (Å²) in [6.45, 7) is 1.95. The van der Waals surface area contributed by atoms with E-state index in [0.29, 0.717) is 0 Å². The van der Waals surface area contributed by atoms with Crippen LogP contribution in [0.1, 0.15) is 5.82 Å². The Bertz CT molecular complexity index is 1560. The predicted octanol–water partition coefficient (Wildman–Crippen LogP) is 8.15. The van der Waals surface area contributed by atoms with E-state index in [4.69, 9.17) is 4.98 Å². The molecule has 0 N–H and O–H groups in total. The van der Waals surface area contributed by atoms with Gasteiger partial charge in [-0.3, -0.25) is 0 Å². The van der Waals surface area contributed by atoms with Gasteiger partial charge in [0.1, 0.15) is 5.82 Å². The zero-order valence-corrected chi connectivity index (χ0v) is 18.4. The maximum Gasteiger partial charge on any atom is 0.126 e. The Morgan fingerprint density at radius 2 is 1.09 bits per heavy atom. The fraction of sp³-hybridized carbons (Fsp3) is 0.0345. The van der Waals surface area contributed by atoms with Crippen molar-refractivity contribution < 1.29 is 0 Å². The summed E-state index contributed by atoms with van der Waals surface area (Å²) in [7, 11) is 0. The highest BCUT2D eigenvalue weighted by Gasteiger charge is 2.09. The number of aromatic nitrogens is 2. The SMILES string of the molecule is Cc1nc(-c2ccccc2)cc(-c2ccc(-c3ccc4sc5ccccc5c4c3)cc2)n1. The first-order chi connectivity index (χ1) is 15.7. The molecule has 0 spiro atoms. The standard InChI is InChI=1S/C29H20N2S/c1-19-30-26(21-7-3-2-4-8-21)18-27(31-19)22-13-11-20(12-14-22)23-15-16-29-25(17-23)24-9-5-6-10-28(24)32-29/h2-18H,1H3. The van der Waals surface area contributed by atoms with Gasteiger partial charge in [0, 0.05) is 31.3 Å². The Morgan fingerprint density at radius 3 is 1.88 bits per heavy atom. The molecule has 2 aromatic heterocycles. The quantitative estimate of drug-likeness (QED) is 0.284. The second-order valence-corrected chi connectivity index (χ2v) is 9.02. The molecule has 2 nitrogen and oxygen atoms in total. The number of rotatable bonds is 3. The second-order valence-electron chi connectivity index (χ2n) is 7.94. The summed E-state index contributed by atoms with van der Waals surface area (Å²) < 4.78 is 2.67. The van der Waals surface area contributed by atoms with E-state index in [0.717, 1.165) is 28.3 Å². The molecule has 152 valence electrons. The summed E-state index contributed by atoms with van der Waals surface area (Å²) in [5.41, 5.74) is 6.54. The summed E-state index contributed by atoms with van der Waals surface area (Å²) in [4.78, 5) is 9.32. The van der Waals surface area contributed by atoms with Crippen molar-refractivity contribution in [2.24, 2.45) is 0 Å². The monoisotopic (exact) mass is 428 g/mol. The molecule has 0 saturated carbocycles. The van der Waals surface area contributed by atoms with Crippen LogP contribution in [0.15, 0.2) is 103 Å². The fourth-order valence-electron chi connectivity index (χ4n) is 4.21. The lowest BCUT2D eigenvalue weighted by atomic mass is 10.0. The third-order valence-electron chi connectivity index (χ3n) is 5.80.